The summed E-state index contributed by atoms with van der Waals surface area (Å²) in [6.07, 6.45) is 0.781. The van der Waals surface area contributed by atoms with Crippen LogP contribution in [-0.4, -0.2) is 36.6 Å². The highest BCUT2D eigenvalue weighted by atomic mass is 32.2. The molecule has 2 N–H and O–H groups in total. The second-order valence-corrected chi connectivity index (χ2v) is 6.77. The molecule has 0 spiro atoms. The number of nitrogens with two attached hydrogens (primary N) is 1. The maximum absolute atomic E-state index is 12.4. The van der Waals surface area contributed by atoms with Crippen LogP contribution >= 0.6 is 0 Å². The van der Waals surface area contributed by atoms with Gasteiger partial charge in [0.15, 0.2) is 0 Å². The molecule has 0 unspecified atom stereocenters. The van der Waals surface area contributed by atoms with Crippen molar-refractivity contribution in [3.8, 4) is 0 Å². The van der Waals surface area contributed by atoms with Crippen LogP contribution in [0.5, 0.6) is 0 Å². The SMILES string of the molecule is NC(=O)C1CCN(S(=O)(=O)c2ccc([N+](=O)[O-])cc2)CC1. The van der Waals surface area contributed by atoms with Crippen molar-refractivity contribution in [1.82, 2.24) is 4.31 Å². The molecule has 1 amide bonds. The zero-order valence-corrected chi connectivity index (χ0v) is 12.0. The third-order valence-electron chi connectivity index (χ3n) is 3.54. The summed E-state index contributed by atoms with van der Waals surface area (Å²) in [6, 6.07) is 4.74. The summed E-state index contributed by atoms with van der Waals surface area (Å²) in [5, 5.41) is 10.6. The van der Waals surface area contributed by atoms with Gasteiger partial charge in [0.1, 0.15) is 0 Å². The number of hydrogen-bond donors (Lipinski definition) is 1. The van der Waals surface area contributed by atoms with Gasteiger partial charge < -0.3 is 5.73 Å². The molecule has 0 atom stereocenters. The topological polar surface area (TPSA) is 124 Å². The predicted molar refractivity (Wildman–Crippen MR) is 73.8 cm³/mol. The number of carbonyl (C=O) groups excluding carboxylic acids is 1. The number of carbonyl (C=O) groups is 1. The largest absolute Gasteiger partial charge is 0.369 e. The summed E-state index contributed by atoms with van der Waals surface area (Å²) in [5.41, 5.74) is 5.04. The molecule has 0 saturated carbocycles. The summed E-state index contributed by atoms with van der Waals surface area (Å²) in [5.74, 6) is -0.712. The molecule has 0 aromatic heterocycles. The molecule has 1 aromatic rings. The second-order valence-electron chi connectivity index (χ2n) is 4.83. The van der Waals surface area contributed by atoms with Crippen LogP contribution in [0.15, 0.2) is 29.2 Å². The number of nitro benzene ring substituents is 1. The molecule has 1 saturated heterocycles. The highest BCUT2D eigenvalue weighted by molar-refractivity contribution is 7.89. The van der Waals surface area contributed by atoms with Crippen LogP contribution in [0.3, 0.4) is 0 Å². The molecule has 0 aliphatic carbocycles. The van der Waals surface area contributed by atoms with Crippen molar-refractivity contribution in [2.75, 3.05) is 13.1 Å². The zero-order valence-electron chi connectivity index (χ0n) is 11.1. The number of piperidine rings is 1. The molecule has 1 fully saturated rings. The van der Waals surface area contributed by atoms with E-state index in [1.807, 2.05) is 0 Å². The standard InChI is InChI=1S/C12H15N3O5S/c13-12(16)9-5-7-14(8-6-9)21(19,20)11-3-1-10(2-4-11)15(17)18/h1-4,9H,5-8H2,(H2,13,16). The fraction of sp³-hybridized carbons (Fsp3) is 0.417. The Morgan fingerprint density at radius 2 is 1.76 bits per heavy atom. The summed E-state index contributed by atoms with van der Waals surface area (Å²) in [4.78, 5) is 21.1. The Morgan fingerprint density at radius 3 is 2.19 bits per heavy atom. The number of hydrogen-bond acceptors (Lipinski definition) is 5. The molecule has 0 bridgehead atoms. The van der Waals surface area contributed by atoms with Gasteiger partial charge in [-0.1, -0.05) is 0 Å². The maximum atomic E-state index is 12.4. The molecule has 0 radical (unpaired) electrons. The van der Waals surface area contributed by atoms with Crippen LogP contribution in [0.4, 0.5) is 5.69 Å². The quantitative estimate of drug-likeness (QED) is 0.639. The highest BCUT2D eigenvalue weighted by Crippen LogP contribution is 2.24. The normalized spacial score (nSPS) is 17.5. The van der Waals surface area contributed by atoms with Gasteiger partial charge in [0.2, 0.25) is 15.9 Å². The van der Waals surface area contributed by atoms with Crippen molar-refractivity contribution in [2.45, 2.75) is 17.7 Å². The summed E-state index contributed by atoms with van der Waals surface area (Å²) >= 11 is 0. The van der Waals surface area contributed by atoms with Crippen LogP contribution in [0, 0.1) is 16.0 Å². The molecule has 21 heavy (non-hydrogen) atoms. The van der Waals surface area contributed by atoms with Gasteiger partial charge in [0.05, 0.1) is 9.82 Å². The number of sulfonamides is 1. The van der Waals surface area contributed by atoms with E-state index >= 15 is 0 Å². The van der Waals surface area contributed by atoms with Crippen molar-refractivity contribution in [3.63, 3.8) is 0 Å². The molecular formula is C12H15N3O5S. The van der Waals surface area contributed by atoms with Gasteiger partial charge in [-0.3, -0.25) is 14.9 Å². The fourth-order valence-electron chi connectivity index (χ4n) is 2.27. The Morgan fingerprint density at radius 1 is 1.24 bits per heavy atom. The summed E-state index contributed by atoms with van der Waals surface area (Å²) in [6.45, 7) is 0.430. The average Bonchev–Trinajstić information content (AvgIpc) is 2.47. The number of primary amides is 1. The van der Waals surface area contributed by atoms with Crippen molar-refractivity contribution in [1.29, 1.82) is 0 Å². The van der Waals surface area contributed by atoms with Crippen molar-refractivity contribution in [2.24, 2.45) is 11.7 Å². The van der Waals surface area contributed by atoms with E-state index in [9.17, 15) is 23.3 Å². The molecule has 1 aliphatic rings. The van der Waals surface area contributed by atoms with Crippen molar-refractivity contribution in [3.05, 3.63) is 34.4 Å². The van der Waals surface area contributed by atoms with E-state index in [1.165, 1.54) is 16.4 Å². The number of nitrogens with zero attached hydrogens (tertiary/aromatic N) is 2. The molecule has 1 heterocycles. The highest BCUT2D eigenvalue weighted by Gasteiger charge is 2.31. The number of non-ortho nitro benzene ring substituents is 1. The van der Waals surface area contributed by atoms with E-state index < -0.39 is 20.9 Å². The minimum absolute atomic E-state index is 0.00521. The Hall–Kier alpha value is -2.00. The minimum atomic E-state index is -3.70. The maximum Gasteiger partial charge on any atom is 0.269 e. The summed E-state index contributed by atoms with van der Waals surface area (Å²) in [7, 11) is -3.70. The van der Waals surface area contributed by atoms with Crippen LogP contribution in [0.25, 0.3) is 0 Å². The number of rotatable bonds is 4. The smallest absolute Gasteiger partial charge is 0.269 e. The predicted octanol–water partition coefficient (Wildman–Crippen LogP) is 0.481. The summed E-state index contributed by atoms with van der Waals surface area (Å²) < 4.78 is 26.0. The van der Waals surface area contributed by atoms with Gasteiger partial charge in [-0.05, 0) is 25.0 Å². The van der Waals surface area contributed by atoms with Gasteiger partial charge in [-0.25, -0.2) is 8.42 Å². The molecule has 2 rings (SSSR count). The van der Waals surface area contributed by atoms with Crippen molar-refractivity contribution < 1.29 is 18.1 Å². The van der Waals surface area contributed by atoms with Crippen LogP contribution in [0.2, 0.25) is 0 Å². The first-order chi connectivity index (χ1) is 9.82. The molecule has 1 aromatic carbocycles. The van der Waals surface area contributed by atoms with Gasteiger partial charge in [-0.2, -0.15) is 4.31 Å². The monoisotopic (exact) mass is 313 g/mol. The molecule has 1 aliphatic heterocycles. The lowest BCUT2D eigenvalue weighted by atomic mass is 9.98. The van der Waals surface area contributed by atoms with Crippen LogP contribution in [0.1, 0.15) is 12.8 Å². The zero-order chi connectivity index (χ0) is 15.6. The Kier molecular flexibility index (Phi) is 4.24. The number of amides is 1. The van der Waals surface area contributed by atoms with E-state index in [2.05, 4.69) is 0 Å². The lowest BCUT2D eigenvalue weighted by molar-refractivity contribution is -0.384. The lowest BCUT2D eigenvalue weighted by Gasteiger charge is -2.29. The molecular weight excluding hydrogens is 298 g/mol. The Bertz CT molecular complexity index is 648. The van der Waals surface area contributed by atoms with Gasteiger partial charge in [0, 0.05) is 31.1 Å². The first-order valence-corrected chi connectivity index (χ1v) is 7.80. The van der Waals surface area contributed by atoms with E-state index in [1.54, 1.807) is 0 Å². The minimum Gasteiger partial charge on any atom is -0.369 e. The van der Waals surface area contributed by atoms with E-state index in [4.69, 9.17) is 5.73 Å². The number of nitro groups is 1. The van der Waals surface area contributed by atoms with E-state index in [0.717, 1.165) is 12.1 Å². The van der Waals surface area contributed by atoms with Gasteiger partial charge in [-0.15, -0.1) is 0 Å². The fourth-order valence-corrected chi connectivity index (χ4v) is 3.74. The van der Waals surface area contributed by atoms with Crippen LogP contribution in [-0.2, 0) is 14.8 Å². The van der Waals surface area contributed by atoms with Crippen molar-refractivity contribution >= 4 is 21.6 Å². The second kappa shape index (κ2) is 5.78. The van der Waals surface area contributed by atoms with Gasteiger partial charge in [0.25, 0.3) is 5.69 Å². The Labute approximate surface area is 121 Å². The molecule has 8 nitrogen and oxygen atoms in total. The lowest BCUT2D eigenvalue weighted by Crippen LogP contribution is -2.41. The third kappa shape index (κ3) is 3.19. The Balaban J connectivity index is 2.15. The number of benzene rings is 1. The van der Waals surface area contributed by atoms with E-state index in [0.29, 0.717) is 12.8 Å². The van der Waals surface area contributed by atoms with Gasteiger partial charge >= 0.3 is 0 Å². The third-order valence-corrected chi connectivity index (χ3v) is 5.45. The molecule has 114 valence electrons. The first-order valence-electron chi connectivity index (χ1n) is 6.36. The average molecular weight is 313 g/mol. The van der Waals surface area contributed by atoms with E-state index in [-0.39, 0.29) is 29.6 Å². The first kappa shape index (κ1) is 15.4. The molecule has 9 heteroatoms. The van der Waals surface area contributed by atoms with Crippen LogP contribution < -0.4 is 5.73 Å².